The third-order valence-electron chi connectivity index (χ3n) is 5.60. The molecule has 1 N–H and O–H groups in total. The van der Waals surface area contributed by atoms with Gasteiger partial charge in [-0.3, -0.25) is 33.9 Å². The van der Waals surface area contributed by atoms with Crippen LogP contribution in [0, 0.1) is 0 Å². The van der Waals surface area contributed by atoms with Gasteiger partial charge in [-0.25, -0.2) is 9.69 Å². The summed E-state index contributed by atoms with van der Waals surface area (Å²) < 4.78 is 5.08. The number of carbonyl (C=O) groups is 6. The van der Waals surface area contributed by atoms with Crippen LogP contribution in [0.4, 0.5) is 0 Å². The van der Waals surface area contributed by atoms with Crippen LogP contribution in [0.2, 0.25) is 0 Å². The normalized spacial score (nSPS) is 18.6. The molecule has 0 spiro atoms. The van der Waals surface area contributed by atoms with E-state index in [-0.39, 0.29) is 24.0 Å². The molecule has 0 aliphatic carbocycles. The Labute approximate surface area is 193 Å². The van der Waals surface area contributed by atoms with Gasteiger partial charge in [0.05, 0.1) is 11.1 Å². The second-order valence-electron chi connectivity index (χ2n) is 7.76. The van der Waals surface area contributed by atoms with Crippen molar-refractivity contribution in [3.8, 4) is 0 Å². The zero-order chi connectivity index (χ0) is 24.4. The van der Waals surface area contributed by atoms with Crippen molar-refractivity contribution in [2.75, 3.05) is 6.73 Å². The van der Waals surface area contributed by atoms with E-state index in [2.05, 4.69) is 10.3 Å². The molecule has 1 aromatic heterocycles. The Bertz CT molecular complexity index is 1160. The molecule has 1 fully saturated rings. The Morgan fingerprint density at radius 2 is 1.68 bits per heavy atom. The quantitative estimate of drug-likeness (QED) is 0.481. The molecule has 2 aliphatic heterocycles. The van der Waals surface area contributed by atoms with E-state index in [0.29, 0.717) is 10.5 Å². The van der Waals surface area contributed by atoms with Crippen LogP contribution in [0.3, 0.4) is 0 Å². The molecule has 2 atom stereocenters. The summed E-state index contributed by atoms with van der Waals surface area (Å²) in [6, 6.07) is 6.90. The van der Waals surface area contributed by atoms with Crippen LogP contribution in [-0.4, -0.2) is 69.1 Å². The van der Waals surface area contributed by atoms with Crippen molar-refractivity contribution < 1.29 is 33.5 Å². The van der Waals surface area contributed by atoms with Crippen LogP contribution in [0.1, 0.15) is 50.8 Å². The van der Waals surface area contributed by atoms with E-state index < -0.39 is 54.3 Å². The number of imide groups is 2. The fourth-order valence-corrected chi connectivity index (χ4v) is 3.78. The van der Waals surface area contributed by atoms with Crippen LogP contribution >= 0.6 is 0 Å². The molecule has 4 rings (SSSR count). The lowest BCUT2D eigenvalue weighted by Crippen LogP contribution is -2.56. The molecule has 2 aromatic rings. The first-order valence-electron chi connectivity index (χ1n) is 10.5. The highest BCUT2D eigenvalue weighted by Gasteiger charge is 2.47. The van der Waals surface area contributed by atoms with E-state index in [0.717, 1.165) is 4.90 Å². The highest BCUT2D eigenvalue weighted by molar-refractivity contribution is 6.23. The van der Waals surface area contributed by atoms with Gasteiger partial charge in [-0.05, 0) is 37.6 Å². The largest absolute Gasteiger partial charge is 0.442 e. The van der Waals surface area contributed by atoms with E-state index in [4.69, 9.17) is 4.74 Å². The van der Waals surface area contributed by atoms with E-state index in [1.165, 1.54) is 43.6 Å². The van der Waals surface area contributed by atoms with Gasteiger partial charge < -0.3 is 10.1 Å². The minimum Gasteiger partial charge on any atom is -0.442 e. The van der Waals surface area contributed by atoms with E-state index in [1.807, 2.05) is 0 Å². The minimum absolute atomic E-state index is 0.0219. The summed E-state index contributed by atoms with van der Waals surface area (Å²) in [4.78, 5) is 80.7. The second kappa shape index (κ2) is 9.22. The lowest BCUT2D eigenvalue weighted by molar-refractivity contribution is -0.164. The molecule has 1 saturated heterocycles. The third kappa shape index (κ3) is 4.15. The van der Waals surface area contributed by atoms with Crippen LogP contribution in [0.5, 0.6) is 0 Å². The Kier molecular flexibility index (Phi) is 6.17. The standard InChI is InChI=1S/C23H20N4O7/c1-13(25-19(29)14-8-10-24-11-9-14)23(33)34-12-26-18(28)7-6-17(22(26)32)27-20(30)15-4-2-3-5-16(15)21(27)31/h2-5,8-11,13,17H,6-7,12H2,1H3,(H,25,29). The Hall–Kier alpha value is -4.41. The van der Waals surface area contributed by atoms with Crippen LogP contribution in [0.15, 0.2) is 48.8 Å². The molecule has 1 aromatic carbocycles. The SMILES string of the molecule is CC(NC(=O)c1ccncc1)C(=O)OCN1C(=O)CCC(N2C(=O)c3ccccc3C2=O)C1=O. The molecule has 174 valence electrons. The summed E-state index contributed by atoms with van der Waals surface area (Å²) in [6.45, 7) is 0.689. The number of benzene rings is 1. The van der Waals surface area contributed by atoms with Gasteiger partial charge in [0.25, 0.3) is 23.6 Å². The molecule has 0 radical (unpaired) electrons. The van der Waals surface area contributed by atoms with Crippen molar-refractivity contribution in [2.24, 2.45) is 0 Å². The number of hydrogen-bond acceptors (Lipinski definition) is 8. The maximum atomic E-state index is 13.0. The van der Waals surface area contributed by atoms with Gasteiger partial charge in [0.15, 0.2) is 6.73 Å². The van der Waals surface area contributed by atoms with Gasteiger partial charge in [-0.1, -0.05) is 12.1 Å². The smallest absolute Gasteiger partial charge is 0.330 e. The number of ether oxygens (including phenoxy) is 1. The van der Waals surface area contributed by atoms with Gasteiger partial charge in [0, 0.05) is 24.4 Å². The van der Waals surface area contributed by atoms with Crippen LogP contribution < -0.4 is 5.32 Å². The zero-order valence-electron chi connectivity index (χ0n) is 18.1. The molecule has 0 bridgehead atoms. The Morgan fingerprint density at radius 1 is 1.06 bits per heavy atom. The lowest BCUT2D eigenvalue weighted by Gasteiger charge is -2.34. The highest BCUT2D eigenvalue weighted by Crippen LogP contribution is 2.29. The molecule has 11 heteroatoms. The maximum Gasteiger partial charge on any atom is 0.330 e. The molecule has 3 heterocycles. The summed E-state index contributed by atoms with van der Waals surface area (Å²) in [5, 5.41) is 2.45. The number of nitrogens with zero attached hydrogens (tertiary/aromatic N) is 3. The predicted octanol–water partition coefficient (Wildman–Crippen LogP) is 0.514. The zero-order valence-corrected chi connectivity index (χ0v) is 18.1. The number of carbonyl (C=O) groups excluding carboxylic acids is 6. The van der Waals surface area contributed by atoms with Crippen molar-refractivity contribution in [3.05, 3.63) is 65.5 Å². The average Bonchev–Trinajstić information content (AvgIpc) is 3.09. The van der Waals surface area contributed by atoms with Crippen molar-refractivity contribution in [3.63, 3.8) is 0 Å². The van der Waals surface area contributed by atoms with Crippen molar-refractivity contribution >= 4 is 35.5 Å². The highest BCUT2D eigenvalue weighted by atomic mass is 16.5. The van der Waals surface area contributed by atoms with Gasteiger partial charge in [-0.2, -0.15) is 0 Å². The summed E-state index contributed by atoms with van der Waals surface area (Å²) in [6.07, 6.45) is 2.72. The Balaban J connectivity index is 1.39. The summed E-state index contributed by atoms with van der Waals surface area (Å²) in [5.74, 6) is -4.03. The molecule has 11 nitrogen and oxygen atoms in total. The molecular weight excluding hydrogens is 444 g/mol. The van der Waals surface area contributed by atoms with Crippen LogP contribution in [0.25, 0.3) is 0 Å². The molecule has 34 heavy (non-hydrogen) atoms. The molecular formula is C23H20N4O7. The Morgan fingerprint density at radius 3 is 2.29 bits per heavy atom. The van der Waals surface area contributed by atoms with Gasteiger partial charge in [0.2, 0.25) is 5.91 Å². The maximum absolute atomic E-state index is 13.0. The number of piperidine rings is 1. The number of pyridine rings is 1. The predicted molar refractivity (Wildman–Crippen MR) is 114 cm³/mol. The average molecular weight is 464 g/mol. The summed E-state index contributed by atoms with van der Waals surface area (Å²) in [5.41, 5.74) is 0.669. The van der Waals surface area contributed by atoms with E-state index in [1.54, 1.807) is 12.1 Å². The molecule has 0 saturated carbocycles. The monoisotopic (exact) mass is 464 g/mol. The molecule has 2 aliphatic rings. The number of amides is 5. The summed E-state index contributed by atoms with van der Waals surface area (Å²) >= 11 is 0. The number of likely N-dealkylation sites (tertiary alicyclic amines) is 1. The van der Waals surface area contributed by atoms with Crippen LogP contribution in [-0.2, 0) is 19.1 Å². The van der Waals surface area contributed by atoms with Gasteiger partial charge >= 0.3 is 5.97 Å². The van der Waals surface area contributed by atoms with Crippen molar-refractivity contribution in [2.45, 2.75) is 31.8 Å². The first kappa shape index (κ1) is 22.8. The van der Waals surface area contributed by atoms with Gasteiger partial charge in [0.1, 0.15) is 12.1 Å². The fraction of sp³-hybridized carbons (Fsp3) is 0.261. The fourth-order valence-electron chi connectivity index (χ4n) is 3.78. The van der Waals surface area contributed by atoms with E-state index in [9.17, 15) is 28.8 Å². The molecule has 5 amide bonds. The number of hydrogen-bond donors (Lipinski definition) is 1. The molecule has 2 unspecified atom stereocenters. The van der Waals surface area contributed by atoms with Gasteiger partial charge in [-0.15, -0.1) is 0 Å². The number of nitrogens with one attached hydrogen (secondary N) is 1. The topological polar surface area (TPSA) is 143 Å². The first-order valence-corrected chi connectivity index (χ1v) is 10.5. The third-order valence-corrected chi connectivity index (χ3v) is 5.60. The van der Waals surface area contributed by atoms with Crippen molar-refractivity contribution in [1.82, 2.24) is 20.1 Å². The summed E-state index contributed by atoms with van der Waals surface area (Å²) in [7, 11) is 0. The minimum atomic E-state index is -1.19. The number of rotatable bonds is 6. The lowest BCUT2D eigenvalue weighted by atomic mass is 10.0. The number of fused-ring (bicyclic) bond motifs is 1. The first-order chi connectivity index (χ1) is 16.3. The second-order valence-corrected chi connectivity index (χ2v) is 7.76. The van der Waals surface area contributed by atoms with Crippen molar-refractivity contribution in [1.29, 1.82) is 0 Å². The number of aromatic nitrogens is 1. The number of esters is 1. The van der Waals surface area contributed by atoms with E-state index >= 15 is 0 Å².